The minimum atomic E-state index is -4.15. The smallest absolute Gasteiger partial charge is 0.340 e. The van der Waals surface area contributed by atoms with Gasteiger partial charge in [-0.05, 0) is 68.6 Å². The van der Waals surface area contributed by atoms with E-state index in [1.54, 1.807) is 68.4 Å². The third kappa shape index (κ3) is 6.38. The van der Waals surface area contributed by atoms with E-state index in [1.165, 1.54) is 30.0 Å². The van der Waals surface area contributed by atoms with Gasteiger partial charge in [-0.2, -0.15) is 0 Å². The SMILES string of the molecule is CCOC(=O)c1ccccc1NC(=O)CN(c1ccccc1OCC)S(=O)(=O)c1ccc(SC)cc1. The van der Waals surface area contributed by atoms with Crippen molar-refractivity contribution in [3.8, 4) is 5.75 Å². The Morgan fingerprint density at radius 2 is 1.58 bits per heavy atom. The maximum absolute atomic E-state index is 13.7. The zero-order chi connectivity index (χ0) is 26.1. The van der Waals surface area contributed by atoms with Gasteiger partial charge in [-0.15, -0.1) is 11.8 Å². The number of esters is 1. The summed E-state index contributed by atoms with van der Waals surface area (Å²) < 4.78 is 39.2. The van der Waals surface area contributed by atoms with E-state index in [-0.39, 0.29) is 28.4 Å². The van der Waals surface area contributed by atoms with Crippen LogP contribution in [0.1, 0.15) is 24.2 Å². The van der Waals surface area contributed by atoms with E-state index in [4.69, 9.17) is 9.47 Å². The number of benzene rings is 3. The largest absolute Gasteiger partial charge is 0.492 e. The Labute approximate surface area is 215 Å². The summed E-state index contributed by atoms with van der Waals surface area (Å²) in [6, 6.07) is 19.4. The van der Waals surface area contributed by atoms with E-state index in [1.807, 2.05) is 6.26 Å². The Bertz CT molecular complexity index is 1310. The van der Waals surface area contributed by atoms with E-state index < -0.39 is 28.4 Å². The topological polar surface area (TPSA) is 102 Å². The highest BCUT2D eigenvalue weighted by atomic mass is 32.2. The van der Waals surface area contributed by atoms with Gasteiger partial charge in [0.2, 0.25) is 5.91 Å². The van der Waals surface area contributed by atoms with Gasteiger partial charge in [0.15, 0.2) is 0 Å². The first-order chi connectivity index (χ1) is 17.3. The number of hydrogen-bond donors (Lipinski definition) is 1. The van der Waals surface area contributed by atoms with Crippen molar-refractivity contribution in [2.24, 2.45) is 0 Å². The first-order valence-corrected chi connectivity index (χ1v) is 13.9. The van der Waals surface area contributed by atoms with Crippen molar-refractivity contribution in [2.45, 2.75) is 23.6 Å². The Morgan fingerprint density at radius 3 is 2.25 bits per heavy atom. The summed E-state index contributed by atoms with van der Waals surface area (Å²) in [7, 11) is -4.15. The van der Waals surface area contributed by atoms with Crippen LogP contribution < -0.4 is 14.4 Å². The molecule has 0 aliphatic carbocycles. The molecule has 0 spiro atoms. The standard InChI is InChI=1S/C26H28N2O6S2/c1-4-33-24-13-9-8-12-23(24)28(36(31,32)20-16-14-19(35-3)15-17-20)18-25(29)27-22-11-7-6-10-21(22)26(30)34-5-2/h6-17H,4-5,18H2,1-3H3,(H,27,29). The number of nitrogens with one attached hydrogen (secondary N) is 1. The fourth-order valence-electron chi connectivity index (χ4n) is 3.41. The van der Waals surface area contributed by atoms with Crippen molar-refractivity contribution < 1.29 is 27.5 Å². The summed E-state index contributed by atoms with van der Waals surface area (Å²) in [6.45, 7) is 3.41. The first-order valence-electron chi connectivity index (χ1n) is 11.3. The van der Waals surface area contributed by atoms with Crippen LogP contribution in [0.15, 0.2) is 82.6 Å². The molecule has 36 heavy (non-hydrogen) atoms. The zero-order valence-electron chi connectivity index (χ0n) is 20.3. The van der Waals surface area contributed by atoms with Crippen LogP contribution in [0, 0.1) is 0 Å². The fourth-order valence-corrected chi connectivity index (χ4v) is 5.25. The lowest BCUT2D eigenvalue weighted by Crippen LogP contribution is -2.38. The summed E-state index contributed by atoms with van der Waals surface area (Å²) in [6.07, 6.45) is 1.90. The third-order valence-corrected chi connectivity index (χ3v) is 7.58. The molecule has 0 heterocycles. The van der Waals surface area contributed by atoms with E-state index in [0.29, 0.717) is 12.4 Å². The molecule has 190 valence electrons. The number of anilines is 2. The fraction of sp³-hybridized carbons (Fsp3) is 0.231. The predicted octanol–water partition coefficient (Wildman–Crippen LogP) is 4.82. The molecule has 0 aliphatic heterocycles. The number of carbonyl (C=O) groups is 2. The molecule has 3 aromatic carbocycles. The van der Waals surface area contributed by atoms with Gasteiger partial charge >= 0.3 is 5.97 Å². The second-order valence-corrected chi connectivity index (χ2v) is 10.1. The van der Waals surface area contributed by atoms with Crippen LogP contribution in [0.5, 0.6) is 5.75 Å². The molecule has 0 saturated carbocycles. The monoisotopic (exact) mass is 528 g/mol. The van der Waals surface area contributed by atoms with E-state index >= 15 is 0 Å². The van der Waals surface area contributed by atoms with Gasteiger partial charge in [-0.25, -0.2) is 13.2 Å². The Balaban J connectivity index is 2.00. The molecular formula is C26H28N2O6S2. The first kappa shape index (κ1) is 27.1. The number of rotatable bonds is 11. The van der Waals surface area contributed by atoms with Crippen molar-refractivity contribution in [3.05, 3.63) is 78.4 Å². The summed E-state index contributed by atoms with van der Waals surface area (Å²) >= 11 is 1.49. The summed E-state index contributed by atoms with van der Waals surface area (Å²) in [5.41, 5.74) is 0.618. The molecular weight excluding hydrogens is 500 g/mol. The number of amides is 1. The molecule has 10 heteroatoms. The quantitative estimate of drug-likeness (QED) is 0.281. The maximum atomic E-state index is 13.7. The van der Waals surface area contributed by atoms with Gasteiger partial charge < -0.3 is 14.8 Å². The second kappa shape index (κ2) is 12.5. The lowest BCUT2D eigenvalue weighted by atomic mass is 10.2. The van der Waals surface area contributed by atoms with Crippen molar-refractivity contribution in [3.63, 3.8) is 0 Å². The van der Waals surface area contributed by atoms with Gasteiger partial charge in [-0.3, -0.25) is 9.10 Å². The van der Waals surface area contributed by atoms with E-state index in [9.17, 15) is 18.0 Å². The van der Waals surface area contributed by atoms with Crippen molar-refractivity contribution in [1.82, 2.24) is 0 Å². The van der Waals surface area contributed by atoms with Crippen LogP contribution in [0.25, 0.3) is 0 Å². The average Bonchev–Trinajstić information content (AvgIpc) is 2.88. The molecule has 0 aliphatic rings. The maximum Gasteiger partial charge on any atom is 0.340 e. The van der Waals surface area contributed by atoms with Crippen LogP contribution in [-0.2, 0) is 19.6 Å². The lowest BCUT2D eigenvalue weighted by molar-refractivity contribution is -0.114. The van der Waals surface area contributed by atoms with Gasteiger partial charge in [0.25, 0.3) is 10.0 Å². The lowest BCUT2D eigenvalue weighted by Gasteiger charge is -2.26. The summed E-state index contributed by atoms with van der Waals surface area (Å²) in [5.74, 6) is -0.903. The molecule has 0 bridgehead atoms. The highest BCUT2D eigenvalue weighted by Crippen LogP contribution is 2.33. The number of thioether (sulfide) groups is 1. The minimum absolute atomic E-state index is 0.0336. The van der Waals surface area contributed by atoms with Gasteiger partial charge in [-0.1, -0.05) is 24.3 Å². The molecule has 0 saturated heterocycles. The highest BCUT2D eigenvalue weighted by Gasteiger charge is 2.30. The van der Waals surface area contributed by atoms with Crippen LogP contribution in [0.2, 0.25) is 0 Å². The highest BCUT2D eigenvalue weighted by molar-refractivity contribution is 7.98. The molecule has 0 atom stereocenters. The van der Waals surface area contributed by atoms with E-state index in [2.05, 4.69) is 5.32 Å². The van der Waals surface area contributed by atoms with Crippen molar-refractivity contribution >= 4 is 45.0 Å². The number of nitrogens with zero attached hydrogens (tertiary/aromatic N) is 1. The Morgan fingerprint density at radius 1 is 0.917 bits per heavy atom. The van der Waals surface area contributed by atoms with Gasteiger partial charge in [0.1, 0.15) is 12.3 Å². The molecule has 1 amide bonds. The number of sulfonamides is 1. The zero-order valence-corrected chi connectivity index (χ0v) is 21.9. The van der Waals surface area contributed by atoms with E-state index in [0.717, 1.165) is 9.20 Å². The predicted molar refractivity (Wildman–Crippen MR) is 141 cm³/mol. The molecule has 3 aromatic rings. The Hall–Kier alpha value is -3.50. The summed E-state index contributed by atoms with van der Waals surface area (Å²) in [5, 5.41) is 2.65. The van der Waals surface area contributed by atoms with Crippen LogP contribution in [-0.4, -0.2) is 46.3 Å². The van der Waals surface area contributed by atoms with Crippen LogP contribution in [0.3, 0.4) is 0 Å². The van der Waals surface area contributed by atoms with Gasteiger partial charge in [0.05, 0.1) is 35.0 Å². The van der Waals surface area contributed by atoms with Crippen LogP contribution >= 0.6 is 11.8 Å². The molecule has 8 nitrogen and oxygen atoms in total. The molecule has 0 unspecified atom stereocenters. The van der Waals surface area contributed by atoms with Gasteiger partial charge in [0, 0.05) is 4.90 Å². The molecule has 0 fully saturated rings. The average molecular weight is 529 g/mol. The number of ether oxygens (including phenoxy) is 2. The molecule has 1 N–H and O–H groups in total. The number of para-hydroxylation sites is 3. The minimum Gasteiger partial charge on any atom is -0.492 e. The Kier molecular flexibility index (Phi) is 9.38. The normalized spacial score (nSPS) is 11.0. The molecule has 0 radical (unpaired) electrons. The molecule has 0 aromatic heterocycles. The van der Waals surface area contributed by atoms with Crippen molar-refractivity contribution in [2.75, 3.05) is 35.6 Å². The van der Waals surface area contributed by atoms with Crippen LogP contribution in [0.4, 0.5) is 11.4 Å². The summed E-state index contributed by atoms with van der Waals surface area (Å²) in [4.78, 5) is 26.4. The third-order valence-electron chi connectivity index (χ3n) is 5.06. The van der Waals surface area contributed by atoms with Crippen molar-refractivity contribution in [1.29, 1.82) is 0 Å². The second-order valence-electron chi connectivity index (χ2n) is 7.40. The number of carbonyl (C=O) groups excluding carboxylic acids is 2. The molecule has 3 rings (SSSR count). The number of hydrogen-bond acceptors (Lipinski definition) is 7.